The minimum Gasteiger partial charge on any atom is -0.378 e. The second-order valence-corrected chi connectivity index (χ2v) is 6.16. The second kappa shape index (κ2) is 7.11. The molecule has 2 heterocycles. The summed E-state index contributed by atoms with van der Waals surface area (Å²) in [5.74, 6) is -0.212. The monoisotopic (exact) mass is 345 g/mol. The normalized spacial score (nSPS) is 14.6. The molecule has 1 fully saturated rings. The number of benzene rings is 1. The predicted molar refractivity (Wildman–Crippen MR) is 96.0 cm³/mol. The Bertz CT molecular complexity index is 827. The van der Waals surface area contributed by atoms with E-state index in [1.807, 2.05) is 29.2 Å². The Morgan fingerprint density at radius 1 is 1.33 bits per heavy atom. The molecule has 1 amide bonds. The lowest BCUT2D eigenvalue weighted by Gasteiger charge is -2.30. The van der Waals surface area contributed by atoms with Crippen molar-refractivity contribution in [3.05, 3.63) is 46.2 Å². The highest BCUT2D eigenvalue weighted by Gasteiger charge is 2.23. The molecule has 3 rings (SSSR count). The molecule has 0 unspecified atom stereocenters. The SMILES string of the molecule is CN(Cc1cc(=O)[nH]c2ccccc12)C(=O)C(=S)N1CCOCC1. The molecule has 1 aromatic heterocycles. The largest absolute Gasteiger partial charge is 0.378 e. The van der Waals surface area contributed by atoms with Crippen LogP contribution >= 0.6 is 12.2 Å². The summed E-state index contributed by atoms with van der Waals surface area (Å²) in [7, 11) is 1.70. The molecule has 1 saturated heterocycles. The van der Waals surface area contributed by atoms with E-state index in [0.29, 0.717) is 37.8 Å². The molecule has 0 aliphatic carbocycles. The topological polar surface area (TPSA) is 65.6 Å². The number of hydrogen-bond donors (Lipinski definition) is 1. The lowest BCUT2D eigenvalue weighted by molar-refractivity contribution is -0.124. The molecule has 0 saturated carbocycles. The predicted octanol–water partition coefficient (Wildman–Crippen LogP) is 1.15. The van der Waals surface area contributed by atoms with Crippen molar-refractivity contribution in [2.45, 2.75) is 6.54 Å². The number of aromatic nitrogens is 1. The van der Waals surface area contributed by atoms with E-state index in [1.54, 1.807) is 11.9 Å². The van der Waals surface area contributed by atoms with Gasteiger partial charge in [-0.15, -0.1) is 0 Å². The summed E-state index contributed by atoms with van der Waals surface area (Å²) in [5.41, 5.74) is 1.38. The summed E-state index contributed by atoms with van der Waals surface area (Å²) in [5, 5.41) is 0.925. The number of aromatic amines is 1. The van der Waals surface area contributed by atoms with E-state index in [-0.39, 0.29) is 11.5 Å². The number of carbonyl (C=O) groups is 1. The third-order valence-electron chi connectivity index (χ3n) is 4.07. The molecular weight excluding hydrogens is 326 g/mol. The van der Waals surface area contributed by atoms with Crippen LogP contribution in [0.5, 0.6) is 0 Å². The zero-order valence-corrected chi connectivity index (χ0v) is 14.3. The number of ether oxygens (including phenoxy) is 1. The highest BCUT2D eigenvalue weighted by Crippen LogP contribution is 2.16. The lowest BCUT2D eigenvalue weighted by atomic mass is 10.1. The summed E-state index contributed by atoms with van der Waals surface area (Å²) in [4.78, 5) is 30.9. The first kappa shape index (κ1) is 16.6. The number of amides is 1. The van der Waals surface area contributed by atoms with Gasteiger partial charge in [-0.2, -0.15) is 0 Å². The summed E-state index contributed by atoms with van der Waals surface area (Å²) in [6.07, 6.45) is 0. The van der Waals surface area contributed by atoms with Crippen LogP contribution in [-0.2, 0) is 16.1 Å². The van der Waals surface area contributed by atoms with Gasteiger partial charge in [-0.1, -0.05) is 30.4 Å². The third-order valence-corrected chi connectivity index (χ3v) is 4.50. The van der Waals surface area contributed by atoms with Crippen LogP contribution in [0.1, 0.15) is 5.56 Å². The van der Waals surface area contributed by atoms with Gasteiger partial charge in [0.05, 0.1) is 13.2 Å². The highest BCUT2D eigenvalue weighted by molar-refractivity contribution is 7.81. The van der Waals surface area contributed by atoms with Gasteiger partial charge < -0.3 is 19.5 Å². The zero-order chi connectivity index (χ0) is 17.1. The first-order valence-electron chi connectivity index (χ1n) is 7.79. The molecule has 0 atom stereocenters. The Labute approximate surface area is 145 Å². The molecule has 1 aliphatic heterocycles. The Balaban J connectivity index is 1.79. The fraction of sp³-hybridized carbons (Fsp3) is 0.353. The van der Waals surface area contributed by atoms with Gasteiger partial charge in [0.25, 0.3) is 5.91 Å². The average Bonchev–Trinajstić information content (AvgIpc) is 2.61. The van der Waals surface area contributed by atoms with Gasteiger partial charge in [0, 0.05) is 43.7 Å². The van der Waals surface area contributed by atoms with Crippen LogP contribution in [0.25, 0.3) is 10.9 Å². The van der Waals surface area contributed by atoms with E-state index in [4.69, 9.17) is 17.0 Å². The molecule has 1 aliphatic rings. The van der Waals surface area contributed by atoms with Crippen molar-refractivity contribution in [1.82, 2.24) is 14.8 Å². The smallest absolute Gasteiger partial charge is 0.281 e. The molecule has 7 heteroatoms. The van der Waals surface area contributed by atoms with E-state index >= 15 is 0 Å². The van der Waals surface area contributed by atoms with Gasteiger partial charge in [-0.25, -0.2) is 0 Å². The van der Waals surface area contributed by atoms with Crippen LogP contribution < -0.4 is 5.56 Å². The van der Waals surface area contributed by atoms with Crippen LogP contribution in [0, 0.1) is 0 Å². The van der Waals surface area contributed by atoms with Crippen LogP contribution in [0.2, 0.25) is 0 Å². The number of para-hydroxylation sites is 1. The molecule has 6 nitrogen and oxygen atoms in total. The van der Waals surface area contributed by atoms with Crippen molar-refractivity contribution in [3.8, 4) is 0 Å². The Morgan fingerprint density at radius 3 is 2.79 bits per heavy atom. The maximum Gasteiger partial charge on any atom is 0.281 e. The number of pyridine rings is 1. The van der Waals surface area contributed by atoms with Gasteiger partial charge in [0.15, 0.2) is 4.99 Å². The third kappa shape index (κ3) is 3.47. The number of thiocarbonyl (C=S) groups is 1. The molecule has 1 aromatic carbocycles. The molecule has 2 aromatic rings. The summed E-state index contributed by atoms with van der Waals surface area (Å²) in [6.45, 7) is 2.75. The lowest BCUT2D eigenvalue weighted by Crippen LogP contribution is -2.47. The molecule has 126 valence electrons. The Kier molecular flexibility index (Phi) is 4.92. The van der Waals surface area contributed by atoms with Gasteiger partial charge >= 0.3 is 0 Å². The number of likely N-dealkylation sites (N-methyl/N-ethyl adjacent to an activating group) is 1. The summed E-state index contributed by atoms with van der Waals surface area (Å²) < 4.78 is 5.28. The van der Waals surface area contributed by atoms with Crippen LogP contribution in [-0.4, -0.2) is 59.0 Å². The van der Waals surface area contributed by atoms with Crippen molar-refractivity contribution in [1.29, 1.82) is 0 Å². The molecule has 0 spiro atoms. The number of nitrogens with zero attached hydrogens (tertiary/aromatic N) is 2. The number of carbonyl (C=O) groups excluding carboxylic acids is 1. The van der Waals surface area contributed by atoms with Crippen molar-refractivity contribution in [2.24, 2.45) is 0 Å². The maximum absolute atomic E-state index is 12.6. The molecule has 0 bridgehead atoms. The Hall–Kier alpha value is -2.25. The van der Waals surface area contributed by atoms with Crippen molar-refractivity contribution < 1.29 is 9.53 Å². The van der Waals surface area contributed by atoms with Gasteiger partial charge in [0.2, 0.25) is 5.56 Å². The van der Waals surface area contributed by atoms with Crippen LogP contribution in [0.15, 0.2) is 35.1 Å². The number of morpholine rings is 1. The summed E-state index contributed by atoms with van der Waals surface area (Å²) in [6, 6.07) is 9.08. The standard InChI is InChI=1S/C17H19N3O3S/c1-19(16(22)17(24)20-6-8-23-9-7-20)11-12-10-15(21)18-14-5-3-2-4-13(12)14/h2-5,10H,6-9,11H2,1H3,(H,18,21). The minimum atomic E-state index is -0.212. The quantitative estimate of drug-likeness (QED) is 0.827. The van der Waals surface area contributed by atoms with Crippen molar-refractivity contribution in [3.63, 3.8) is 0 Å². The van der Waals surface area contributed by atoms with Gasteiger partial charge in [0.1, 0.15) is 0 Å². The zero-order valence-electron chi connectivity index (χ0n) is 13.4. The second-order valence-electron chi connectivity index (χ2n) is 5.77. The van der Waals surface area contributed by atoms with E-state index in [9.17, 15) is 9.59 Å². The molecule has 0 radical (unpaired) electrons. The van der Waals surface area contributed by atoms with E-state index in [1.165, 1.54) is 6.07 Å². The maximum atomic E-state index is 12.6. The molecule has 1 N–H and O–H groups in total. The minimum absolute atomic E-state index is 0.180. The first-order chi connectivity index (χ1) is 11.6. The first-order valence-corrected chi connectivity index (χ1v) is 8.20. The molecule has 24 heavy (non-hydrogen) atoms. The number of fused-ring (bicyclic) bond motifs is 1. The number of hydrogen-bond acceptors (Lipinski definition) is 4. The van der Waals surface area contributed by atoms with Crippen molar-refractivity contribution >= 4 is 34.0 Å². The number of nitrogens with one attached hydrogen (secondary N) is 1. The fourth-order valence-electron chi connectivity index (χ4n) is 2.80. The number of rotatable bonds is 2. The van der Waals surface area contributed by atoms with Crippen molar-refractivity contribution in [2.75, 3.05) is 33.4 Å². The van der Waals surface area contributed by atoms with E-state index in [0.717, 1.165) is 16.5 Å². The van der Waals surface area contributed by atoms with Gasteiger partial charge in [-0.3, -0.25) is 9.59 Å². The van der Waals surface area contributed by atoms with E-state index in [2.05, 4.69) is 4.98 Å². The fourth-order valence-corrected chi connectivity index (χ4v) is 3.14. The van der Waals surface area contributed by atoms with Crippen LogP contribution in [0.4, 0.5) is 0 Å². The van der Waals surface area contributed by atoms with Crippen LogP contribution in [0.3, 0.4) is 0 Å². The molecular formula is C17H19N3O3S. The average molecular weight is 345 g/mol. The highest BCUT2D eigenvalue weighted by atomic mass is 32.1. The Morgan fingerprint density at radius 2 is 2.04 bits per heavy atom. The number of H-pyrrole nitrogens is 1. The van der Waals surface area contributed by atoms with Gasteiger partial charge in [-0.05, 0) is 11.6 Å². The summed E-state index contributed by atoms with van der Waals surface area (Å²) >= 11 is 5.32. The van der Waals surface area contributed by atoms with E-state index < -0.39 is 0 Å².